The van der Waals surface area contributed by atoms with Crippen LogP contribution in [0.5, 0.6) is 0 Å². The second-order valence-electron chi connectivity index (χ2n) is 5.45. The van der Waals surface area contributed by atoms with Gasteiger partial charge in [0.25, 0.3) is 5.69 Å². The molecule has 1 aromatic rings. The lowest BCUT2D eigenvalue weighted by Gasteiger charge is -2.27. The highest BCUT2D eigenvalue weighted by Gasteiger charge is 2.22. The normalized spacial score (nSPS) is 10.6. The van der Waals surface area contributed by atoms with Gasteiger partial charge in [-0.1, -0.05) is 26.0 Å². The van der Waals surface area contributed by atoms with Crippen LogP contribution >= 0.6 is 12.4 Å². The van der Waals surface area contributed by atoms with Crippen molar-refractivity contribution in [1.29, 1.82) is 0 Å². The lowest BCUT2D eigenvalue weighted by molar-refractivity contribution is -0.384. The lowest BCUT2D eigenvalue weighted by atomic mass is 9.94. The number of nitrogens with one attached hydrogen (secondary N) is 1. The summed E-state index contributed by atoms with van der Waals surface area (Å²) in [6, 6.07) is 6.34. The maximum absolute atomic E-state index is 12.0. The fourth-order valence-electron chi connectivity index (χ4n) is 2.07. The van der Waals surface area contributed by atoms with E-state index >= 15 is 0 Å². The first-order valence-electron chi connectivity index (χ1n) is 7.33. The molecule has 0 fully saturated rings. The molecule has 0 atom stereocenters. The molecule has 0 unspecified atom stereocenters. The lowest BCUT2D eigenvalue weighted by Crippen LogP contribution is -2.50. The minimum Gasteiger partial charge on any atom is -0.360 e. The Labute approximate surface area is 142 Å². The SMILES string of the molecule is CCC(N)(CC)CNC(=O)CN(C)c1ccccc1[N+](=O)[O-].Cl. The zero-order valence-corrected chi connectivity index (χ0v) is 14.6. The van der Waals surface area contributed by atoms with Crippen molar-refractivity contribution in [1.82, 2.24) is 5.32 Å². The van der Waals surface area contributed by atoms with Crippen molar-refractivity contribution in [3.63, 3.8) is 0 Å². The minimum absolute atomic E-state index is 0. The first-order valence-corrected chi connectivity index (χ1v) is 7.33. The van der Waals surface area contributed by atoms with Gasteiger partial charge >= 0.3 is 0 Å². The summed E-state index contributed by atoms with van der Waals surface area (Å²) in [6.45, 7) is 4.39. The number of hydrogen-bond acceptors (Lipinski definition) is 5. The molecule has 0 radical (unpaired) electrons. The Morgan fingerprint density at radius 2 is 1.91 bits per heavy atom. The van der Waals surface area contributed by atoms with Gasteiger partial charge < -0.3 is 16.0 Å². The average molecular weight is 345 g/mol. The van der Waals surface area contributed by atoms with E-state index in [-0.39, 0.29) is 30.5 Å². The van der Waals surface area contributed by atoms with Crippen LogP contribution in [0, 0.1) is 10.1 Å². The smallest absolute Gasteiger partial charge is 0.292 e. The molecular weight excluding hydrogens is 320 g/mol. The summed E-state index contributed by atoms with van der Waals surface area (Å²) < 4.78 is 0. The number of para-hydroxylation sites is 2. The molecule has 1 aromatic carbocycles. The monoisotopic (exact) mass is 344 g/mol. The fraction of sp³-hybridized carbons (Fsp3) is 0.533. The van der Waals surface area contributed by atoms with Crippen molar-refractivity contribution in [2.24, 2.45) is 5.73 Å². The van der Waals surface area contributed by atoms with Crippen LogP contribution in [-0.2, 0) is 4.79 Å². The summed E-state index contributed by atoms with van der Waals surface area (Å²) in [6.07, 6.45) is 1.54. The molecule has 0 spiro atoms. The number of benzene rings is 1. The van der Waals surface area contributed by atoms with E-state index < -0.39 is 10.5 Å². The number of likely N-dealkylation sites (N-methyl/N-ethyl adjacent to an activating group) is 1. The summed E-state index contributed by atoms with van der Waals surface area (Å²) in [7, 11) is 1.65. The van der Waals surface area contributed by atoms with Gasteiger partial charge in [-0.15, -0.1) is 12.4 Å². The second-order valence-corrected chi connectivity index (χ2v) is 5.45. The largest absolute Gasteiger partial charge is 0.360 e. The van der Waals surface area contributed by atoms with E-state index in [4.69, 9.17) is 5.73 Å². The molecule has 7 nitrogen and oxygen atoms in total. The quantitative estimate of drug-likeness (QED) is 0.555. The van der Waals surface area contributed by atoms with Gasteiger partial charge in [0.1, 0.15) is 5.69 Å². The summed E-state index contributed by atoms with van der Waals surface area (Å²) in [4.78, 5) is 24.1. The third-order valence-electron chi connectivity index (χ3n) is 3.92. The van der Waals surface area contributed by atoms with Crippen molar-refractivity contribution in [3.05, 3.63) is 34.4 Å². The van der Waals surface area contributed by atoms with Crippen molar-refractivity contribution in [2.75, 3.05) is 25.0 Å². The Balaban J connectivity index is 0.00000484. The van der Waals surface area contributed by atoms with Crippen LogP contribution < -0.4 is 16.0 Å². The van der Waals surface area contributed by atoms with Crippen LogP contribution in [0.4, 0.5) is 11.4 Å². The average Bonchev–Trinajstić information content (AvgIpc) is 2.52. The van der Waals surface area contributed by atoms with Crippen molar-refractivity contribution in [2.45, 2.75) is 32.2 Å². The van der Waals surface area contributed by atoms with Gasteiger partial charge in [-0.25, -0.2) is 0 Å². The molecule has 0 saturated heterocycles. The number of nitro groups is 1. The van der Waals surface area contributed by atoms with E-state index in [1.165, 1.54) is 6.07 Å². The molecule has 3 N–H and O–H groups in total. The maximum Gasteiger partial charge on any atom is 0.292 e. The van der Waals surface area contributed by atoms with Gasteiger partial charge in [-0.2, -0.15) is 0 Å². The van der Waals surface area contributed by atoms with Gasteiger partial charge in [-0.05, 0) is 18.9 Å². The van der Waals surface area contributed by atoms with Gasteiger partial charge in [0.15, 0.2) is 0 Å². The van der Waals surface area contributed by atoms with Gasteiger partial charge in [0, 0.05) is 25.2 Å². The molecular formula is C15H25ClN4O3. The van der Waals surface area contributed by atoms with Crippen LogP contribution in [0.15, 0.2) is 24.3 Å². The van der Waals surface area contributed by atoms with E-state index in [0.717, 1.165) is 12.8 Å². The fourth-order valence-corrected chi connectivity index (χ4v) is 2.07. The molecule has 0 aliphatic carbocycles. The van der Waals surface area contributed by atoms with Crippen LogP contribution in [-0.4, -0.2) is 36.5 Å². The number of nitro benzene ring substituents is 1. The molecule has 0 heterocycles. The highest BCUT2D eigenvalue weighted by atomic mass is 35.5. The van der Waals surface area contributed by atoms with E-state index in [2.05, 4.69) is 5.32 Å². The molecule has 130 valence electrons. The van der Waals surface area contributed by atoms with Gasteiger partial charge in [0.2, 0.25) is 5.91 Å². The number of amides is 1. The van der Waals surface area contributed by atoms with E-state index in [1.54, 1.807) is 30.1 Å². The molecule has 0 aliphatic heterocycles. The Kier molecular flexibility index (Phi) is 8.56. The molecule has 1 amide bonds. The van der Waals surface area contributed by atoms with Crippen LogP contribution in [0.1, 0.15) is 26.7 Å². The van der Waals surface area contributed by atoms with Gasteiger partial charge in [-0.3, -0.25) is 14.9 Å². The van der Waals surface area contributed by atoms with Crippen LogP contribution in [0.2, 0.25) is 0 Å². The summed E-state index contributed by atoms with van der Waals surface area (Å²) in [5.74, 6) is -0.211. The molecule has 0 aromatic heterocycles. The third kappa shape index (κ3) is 6.03. The Morgan fingerprint density at radius 3 is 2.43 bits per heavy atom. The Hall–Kier alpha value is -1.86. The number of halogens is 1. The number of carbonyl (C=O) groups excluding carboxylic acids is 1. The number of carbonyl (C=O) groups is 1. The predicted molar refractivity (Wildman–Crippen MR) is 94.1 cm³/mol. The highest BCUT2D eigenvalue weighted by molar-refractivity contribution is 5.85. The summed E-state index contributed by atoms with van der Waals surface area (Å²) in [5.41, 5.74) is 6.11. The number of rotatable bonds is 8. The zero-order valence-electron chi connectivity index (χ0n) is 13.7. The number of nitrogens with zero attached hydrogens (tertiary/aromatic N) is 2. The molecule has 0 bridgehead atoms. The Morgan fingerprint density at radius 1 is 1.35 bits per heavy atom. The van der Waals surface area contributed by atoms with Crippen LogP contribution in [0.25, 0.3) is 0 Å². The first kappa shape index (κ1) is 21.1. The minimum atomic E-state index is -0.456. The van der Waals surface area contributed by atoms with Crippen molar-refractivity contribution < 1.29 is 9.72 Å². The van der Waals surface area contributed by atoms with Crippen molar-refractivity contribution in [3.8, 4) is 0 Å². The molecule has 1 rings (SSSR count). The van der Waals surface area contributed by atoms with Crippen molar-refractivity contribution >= 4 is 29.7 Å². The summed E-state index contributed by atoms with van der Waals surface area (Å²) in [5, 5.41) is 13.8. The molecule has 23 heavy (non-hydrogen) atoms. The van der Waals surface area contributed by atoms with Crippen LogP contribution in [0.3, 0.4) is 0 Å². The van der Waals surface area contributed by atoms with E-state index in [1.807, 2.05) is 13.8 Å². The second kappa shape index (κ2) is 9.32. The van der Waals surface area contributed by atoms with E-state index in [9.17, 15) is 14.9 Å². The topological polar surface area (TPSA) is 102 Å². The number of anilines is 1. The highest BCUT2D eigenvalue weighted by Crippen LogP contribution is 2.26. The Bertz CT molecular complexity index is 535. The standard InChI is InChI=1S/C15H24N4O3.ClH/c1-4-15(16,5-2)11-17-14(20)10-18(3)12-8-6-7-9-13(12)19(21)22;/h6-9H,4-5,10-11,16H2,1-3H3,(H,17,20);1H. The molecule has 8 heteroatoms. The predicted octanol–water partition coefficient (Wildman–Crippen LogP) is 2.09. The molecule has 0 aliphatic rings. The third-order valence-corrected chi connectivity index (χ3v) is 3.92. The maximum atomic E-state index is 12.0. The summed E-state index contributed by atoms with van der Waals surface area (Å²) >= 11 is 0. The number of nitrogens with two attached hydrogens (primary N) is 1. The first-order chi connectivity index (χ1) is 10.3. The number of hydrogen-bond donors (Lipinski definition) is 2. The zero-order chi connectivity index (χ0) is 16.8. The van der Waals surface area contributed by atoms with E-state index in [0.29, 0.717) is 12.2 Å². The van der Waals surface area contributed by atoms with Gasteiger partial charge in [0.05, 0.1) is 11.5 Å². The molecule has 0 saturated carbocycles.